The number of rotatable bonds is 3. The first-order valence-corrected chi connectivity index (χ1v) is 5.72. The first-order chi connectivity index (χ1) is 9.00. The average Bonchev–Trinajstić information content (AvgIpc) is 2.34. The van der Waals surface area contributed by atoms with Gasteiger partial charge in [-0.15, -0.1) is 12.4 Å². The largest absolute Gasteiger partial charge is 0.469 e. The van der Waals surface area contributed by atoms with Crippen LogP contribution in [0.4, 0.5) is 17.6 Å². The molecule has 8 heteroatoms. The molecule has 0 bridgehead atoms. The predicted octanol–water partition coefficient (Wildman–Crippen LogP) is 3.47. The number of hydrogen-bond donors (Lipinski definition) is 1. The van der Waals surface area contributed by atoms with Crippen LogP contribution in [-0.4, -0.2) is 13.1 Å². The summed E-state index contributed by atoms with van der Waals surface area (Å²) < 4.78 is 55.8. The number of alkyl halides is 3. The van der Waals surface area contributed by atoms with Crippen LogP contribution in [0.15, 0.2) is 18.2 Å². The van der Waals surface area contributed by atoms with E-state index in [4.69, 9.17) is 5.73 Å². The lowest BCUT2D eigenvalue weighted by Gasteiger charge is -2.29. The minimum Gasteiger partial charge on any atom is -0.469 e. The van der Waals surface area contributed by atoms with Crippen molar-refractivity contribution in [2.24, 2.45) is 11.1 Å². The molecule has 1 aromatic rings. The van der Waals surface area contributed by atoms with Gasteiger partial charge in [0, 0.05) is 6.04 Å². The maximum Gasteiger partial charge on any atom is 0.416 e. The molecule has 0 aliphatic carbocycles. The van der Waals surface area contributed by atoms with Gasteiger partial charge in [-0.1, -0.05) is 0 Å². The van der Waals surface area contributed by atoms with E-state index < -0.39 is 35.0 Å². The van der Waals surface area contributed by atoms with Crippen LogP contribution < -0.4 is 5.73 Å². The number of halogens is 5. The van der Waals surface area contributed by atoms with E-state index in [1.54, 1.807) is 0 Å². The normalized spacial score (nSPS) is 13.3. The second-order valence-electron chi connectivity index (χ2n) is 4.96. The minimum atomic E-state index is -4.69. The predicted molar refractivity (Wildman–Crippen MR) is 71.4 cm³/mol. The minimum absolute atomic E-state index is 0. The number of carbonyl (C=O) groups is 1. The topological polar surface area (TPSA) is 52.3 Å². The van der Waals surface area contributed by atoms with Crippen molar-refractivity contribution in [2.45, 2.75) is 26.1 Å². The van der Waals surface area contributed by atoms with E-state index in [1.165, 1.54) is 13.8 Å². The van der Waals surface area contributed by atoms with Gasteiger partial charge in [0.05, 0.1) is 18.1 Å². The van der Waals surface area contributed by atoms with Crippen LogP contribution in [0.25, 0.3) is 0 Å². The monoisotopic (exact) mass is 329 g/mol. The Bertz CT molecular complexity index is 517. The molecule has 3 nitrogen and oxygen atoms in total. The molecule has 0 aliphatic heterocycles. The maximum atomic E-state index is 13.3. The molecule has 0 spiro atoms. The lowest BCUT2D eigenvalue weighted by atomic mass is 9.80. The molecular weight excluding hydrogens is 314 g/mol. The Morgan fingerprint density at radius 3 is 2.19 bits per heavy atom. The summed E-state index contributed by atoms with van der Waals surface area (Å²) in [5, 5.41) is 0. The Labute approximate surface area is 125 Å². The molecule has 0 saturated heterocycles. The van der Waals surface area contributed by atoms with Crippen molar-refractivity contribution in [3.05, 3.63) is 35.1 Å². The number of carbonyl (C=O) groups excluding carboxylic acids is 1. The summed E-state index contributed by atoms with van der Waals surface area (Å²) in [5.41, 5.74) is 3.24. The second-order valence-corrected chi connectivity index (χ2v) is 4.96. The van der Waals surface area contributed by atoms with Gasteiger partial charge in [0.25, 0.3) is 0 Å². The third-order valence-electron chi connectivity index (χ3n) is 3.10. The lowest BCUT2D eigenvalue weighted by Crippen LogP contribution is -2.37. The van der Waals surface area contributed by atoms with Gasteiger partial charge in [0.15, 0.2) is 0 Å². The van der Waals surface area contributed by atoms with Crippen LogP contribution in [0.3, 0.4) is 0 Å². The summed E-state index contributed by atoms with van der Waals surface area (Å²) in [7, 11) is 1.14. The van der Waals surface area contributed by atoms with E-state index in [9.17, 15) is 22.4 Å². The van der Waals surface area contributed by atoms with Gasteiger partial charge in [0.1, 0.15) is 5.82 Å². The van der Waals surface area contributed by atoms with E-state index in [0.717, 1.165) is 19.2 Å². The van der Waals surface area contributed by atoms with Crippen LogP contribution in [0.1, 0.15) is 31.0 Å². The molecule has 2 N–H and O–H groups in total. The Hall–Kier alpha value is -1.34. The fraction of sp³-hybridized carbons (Fsp3) is 0.462. The fourth-order valence-corrected chi connectivity index (χ4v) is 1.76. The molecule has 0 saturated carbocycles. The van der Waals surface area contributed by atoms with Crippen LogP contribution in [0.2, 0.25) is 0 Å². The van der Waals surface area contributed by atoms with Crippen LogP contribution in [-0.2, 0) is 15.7 Å². The molecule has 0 unspecified atom stereocenters. The Morgan fingerprint density at radius 1 is 1.24 bits per heavy atom. The van der Waals surface area contributed by atoms with Crippen molar-refractivity contribution in [1.29, 1.82) is 0 Å². The summed E-state index contributed by atoms with van der Waals surface area (Å²) in [4.78, 5) is 11.6. The highest BCUT2D eigenvalue weighted by Gasteiger charge is 2.38. The molecule has 120 valence electrons. The Balaban J connectivity index is 0.00000400. The van der Waals surface area contributed by atoms with Crippen molar-refractivity contribution in [3.63, 3.8) is 0 Å². The third kappa shape index (κ3) is 4.31. The standard InChI is InChI=1S/C13H15F4NO2.ClH/c1-12(2,11(19)20-3)10(18)7-4-8(13(15,16)17)6-9(14)5-7;/h4-6,10H,18H2,1-3H3;1H/t10-;/m0./s1. The Morgan fingerprint density at radius 2 is 1.76 bits per heavy atom. The number of ether oxygens (including phenoxy) is 1. The number of hydrogen-bond acceptors (Lipinski definition) is 3. The van der Waals surface area contributed by atoms with Gasteiger partial charge in [-0.2, -0.15) is 13.2 Å². The first-order valence-electron chi connectivity index (χ1n) is 5.72. The molecule has 0 amide bonds. The first kappa shape index (κ1) is 19.7. The van der Waals surface area contributed by atoms with Crippen molar-refractivity contribution < 1.29 is 27.1 Å². The zero-order valence-electron chi connectivity index (χ0n) is 11.6. The molecular formula is C13H16ClF4NO2. The second kappa shape index (κ2) is 6.62. The lowest BCUT2D eigenvalue weighted by molar-refractivity contribution is -0.152. The summed E-state index contributed by atoms with van der Waals surface area (Å²) in [5.74, 6) is -1.76. The van der Waals surface area contributed by atoms with Gasteiger partial charge in [-0.05, 0) is 37.6 Å². The number of nitrogens with two attached hydrogens (primary N) is 1. The van der Waals surface area contributed by atoms with E-state index in [2.05, 4.69) is 4.74 Å². The highest BCUT2D eigenvalue weighted by molar-refractivity contribution is 5.85. The molecule has 0 aromatic heterocycles. The fourth-order valence-electron chi connectivity index (χ4n) is 1.76. The highest BCUT2D eigenvalue weighted by atomic mass is 35.5. The van der Waals surface area contributed by atoms with E-state index in [-0.39, 0.29) is 18.0 Å². The molecule has 1 aromatic carbocycles. The average molecular weight is 330 g/mol. The summed E-state index contributed by atoms with van der Waals surface area (Å²) in [6.07, 6.45) is -4.69. The number of benzene rings is 1. The van der Waals surface area contributed by atoms with Crippen LogP contribution >= 0.6 is 12.4 Å². The molecule has 0 fully saturated rings. The van der Waals surface area contributed by atoms with E-state index in [1.807, 2.05) is 0 Å². The van der Waals surface area contributed by atoms with Gasteiger partial charge in [-0.3, -0.25) is 4.79 Å². The SMILES string of the molecule is COC(=O)C(C)(C)[C@@H](N)c1cc(F)cc(C(F)(F)F)c1.Cl. The zero-order chi connectivity index (χ0) is 15.7. The third-order valence-corrected chi connectivity index (χ3v) is 3.10. The van der Waals surface area contributed by atoms with E-state index >= 15 is 0 Å². The zero-order valence-corrected chi connectivity index (χ0v) is 12.4. The number of methoxy groups -OCH3 is 1. The number of esters is 1. The van der Waals surface area contributed by atoms with Gasteiger partial charge >= 0.3 is 12.1 Å². The van der Waals surface area contributed by atoms with Crippen molar-refractivity contribution in [2.75, 3.05) is 7.11 Å². The van der Waals surface area contributed by atoms with Gasteiger partial charge < -0.3 is 10.5 Å². The van der Waals surface area contributed by atoms with Gasteiger partial charge in [-0.25, -0.2) is 4.39 Å². The van der Waals surface area contributed by atoms with Crippen LogP contribution in [0.5, 0.6) is 0 Å². The Kier molecular flexibility index (Phi) is 6.19. The van der Waals surface area contributed by atoms with Gasteiger partial charge in [0.2, 0.25) is 0 Å². The van der Waals surface area contributed by atoms with Crippen LogP contribution in [0, 0.1) is 11.2 Å². The molecule has 1 atom stereocenters. The maximum absolute atomic E-state index is 13.3. The van der Waals surface area contributed by atoms with Crippen molar-refractivity contribution in [1.82, 2.24) is 0 Å². The smallest absolute Gasteiger partial charge is 0.416 e. The summed E-state index contributed by atoms with van der Waals surface area (Å²) in [6, 6.07) is 0.858. The molecule has 0 heterocycles. The highest BCUT2D eigenvalue weighted by Crippen LogP contribution is 2.36. The quantitative estimate of drug-likeness (QED) is 0.682. The molecule has 1 rings (SSSR count). The summed E-state index contributed by atoms with van der Waals surface area (Å²) in [6.45, 7) is 2.84. The van der Waals surface area contributed by atoms with E-state index in [0.29, 0.717) is 6.07 Å². The van der Waals surface area contributed by atoms with Crippen molar-refractivity contribution in [3.8, 4) is 0 Å². The molecule has 21 heavy (non-hydrogen) atoms. The molecule has 0 aliphatic rings. The summed E-state index contributed by atoms with van der Waals surface area (Å²) >= 11 is 0. The molecule has 0 radical (unpaired) electrons. The van der Waals surface area contributed by atoms with Crippen molar-refractivity contribution >= 4 is 18.4 Å².